The summed E-state index contributed by atoms with van der Waals surface area (Å²) in [6.45, 7) is 5.27. The first-order valence-corrected chi connectivity index (χ1v) is 8.22. The van der Waals surface area contributed by atoms with E-state index in [9.17, 15) is 9.59 Å². The van der Waals surface area contributed by atoms with Crippen LogP contribution in [-0.2, 0) is 14.3 Å². The fourth-order valence-corrected chi connectivity index (χ4v) is 2.23. The number of amides is 1. The van der Waals surface area contributed by atoms with Gasteiger partial charge in [0, 0.05) is 17.7 Å². The summed E-state index contributed by atoms with van der Waals surface area (Å²) >= 11 is 0. The molecule has 0 aromatic heterocycles. The lowest BCUT2D eigenvalue weighted by atomic mass is 10.0. The third kappa shape index (κ3) is 5.60. The molecule has 0 bridgehead atoms. The maximum absolute atomic E-state index is 11.9. The van der Waals surface area contributed by atoms with Crippen molar-refractivity contribution in [3.05, 3.63) is 66.2 Å². The summed E-state index contributed by atoms with van der Waals surface area (Å²) in [5, 5.41) is 11.6. The minimum atomic E-state index is -0.441. The number of esters is 1. The quantitative estimate of drug-likeness (QED) is 0.465. The number of benzene rings is 2. The smallest absolute Gasteiger partial charge is 0.333 e. The molecule has 1 N–H and O–H groups in total. The molecule has 0 aliphatic heterocycles. The Balaban J connectivity index is 1.82. The van der Waals surface area contributed by atoms with Gasteiger partial charge in [-0.15, -0.1) is 0 Å². The van der Waals surface area contributed by atoms with Crippen molar-refractivity contribution in [1.82, 2.24) is 0 Å². The molecule has 0 aliphatic rings. The number of carbonyl (C=O) groups excluding carboxylic acids is 2. The van der Waals surface area contributed by atoms with Crippen LogP contribution in [0.25, 0.3) is 11.1 Å². The summed E-state index contributed by atoms with van der Waals surface area (Å²) in [5.74, 6) is -0.578. The summed E-state index contributed by atoms with van der Waals surface area (Å²) in [4.78, 5) is 23.1. The molecule has 0 heterocycles. The van der Waals surface area contributed by atoms with Gasteiger partial charge < -0.3 is 10.1 Å². The predicted molar refractivity (Wildman–Crippen MR) is 100 cm³/mol. The number of ether oxygens (including phenoxy) is 1. The Morgan fingerprint density at radius 3 is 2.19 bits per heavy atom. The van der Waals surface area contributed by atoms with Crippen LogP contribution >= 0.6 is 0 Å². The van der Waals surface area contributed by atoms with Crippen LogP contribution in [0.15, 0.2) is 60.7 Å². The van der Waals surface area contributed by atoms with E-state index >= 15 is 0 Å². The highest BCUT2D eigenvalue weighted by atomic mass is 16.5. The Bertz CT molecular complexity index is 831. The second-order valence-electron chi connectivity index (χ2n) is 5.83. The molecule has 0 saturated carbocycles. The molecule has 132 valence electrons. The van der Waals surface area contributed by atoms with Crippen molar-refractivity contribution in [1.29, 1.82) is 5.26 Å². The van der Waals surface area contributed by atoms with Crippen molar-refractivity contribution < 1.29 is 14.3 Å². The van der Waals surface area contributed by atoms with E-state index in [4.69, 9.17) is 10.00 Å². The molecule has 2 aromatic carbocycles. The Labute approximate surface area is 152 Å². The lowest BCUT2D eigenvalue weighted by molar-refractivity contribution is -0.139. The fourth-order valence-electron chi connectivity index (χ4n) is 2.23. The van der Waals surface area contributed by atoms with Gasteiger partial charge in [0.05, 0.1) is 18.2 Å². The Morgan fingerprint density at radius 1 is 1.08 bits per heavy atom. The van der Waals surface area contributed by atoms with E-state index in [1.54, 1.807) is 19.1 Å². The molecule has 5 nitrogen and oxygen atoms in total. The van der Waals surface area contributed by atoms with E-state index in [-0.39, 0.29) is 18.9 Å². The zero-order valence-electron chi connectivity index (χ0n) is 14.6. The minimum Gasteiger partial charge on any atom is -0.462 e. The van der Waals surface area contributed by atoms with E-state index in [1.165, 1.54) is 0 Å². The number of hydrogen-bond acceptors (Lipinski definition) is 4. The number of nitrogens with zero attached hydrogens (tertiary/aromatic N) is 1. The fraction of sp³-hybridized carbons (Fsp3) is 0.190. The summed E-state index contributed by atoms with van der Waals surface area (Å²) < 4.78 is 4.95. The zero-order valence-corrected chi connectivity index (χ0v) is 14.6. The highest BCUT2D eigenvalue weighted by molar-refractivity contribution is 5.91. The molecule has 0 spiro atoms. The molecule has 0 radical (unpaired) electrons. The SMILES string of the molecule is C=C(C)C(=O)OCCCC(=O)Nc1ccc(-c2ccc(C#N)cc2)cc1. The van der Waals surface area contributed by atoms with E-state index < -0.39 is 5.97 Å². The van der Waals surface area contributed by atoms with Gasteiger partial charge in [0.25, 0.3) is 0 Å². The van der Waals surface area contributed by atoms with E-state index in [0.29, 0.717) is 23.2 Å². The molecule has 0 unspecified atom stereocenters. The molecule has 0 atom stereocenters. The first-order valence-electron chi connectivity index (χ1n) is 8.22. The number of nitriles is 1. The van der Waals surface area contributed by atoms with Gasteiger partial charge in [0.2, 0.25) is 5.91 Å². The van der Waals surface area contributed by atoms with Gasteiger partial charge in [0.1, 0.15) is 0 Å². The molecular weight excluding hydrogens is 328 g/mol. The van der Waals surface area contributed by atoms with Crippen LogP contribution < -0.4 is 5.32 Å². The van der Waals surface area contributed by atoms with Gasteiger partial charge in [-0.2, -0.15) is 5.26 Å². The van der Waals surface area contributed by atoms with Crippen LogP contribution in [0.5, 0.6) is 0 Å². The average molecular weight is 348 g/mol. The lowest BCUT2D eigenvalue weighted by Gasteiger charge is -2.07. The normalized spacial score (nSPS) is 9.85. The molecule has 2 rings (SSSR count). The van der Waals surface area contributed by atoms with Crippen molar-refractivity contribution in [2.24, 2.45) is 0 Å². The van der Waals surface area contributed by atoms with Crippen LogP contribution in [-0.4, -0.2) is 18.5 Å². The average Bonchev–Trinajstić information content (AvgIpc) is 2.65. The molecular formula is C21H20N2O3. The molecule has 5 heteroatoms. The van der Waals surface area contributed by atoms with Crippen molar-refractivity contribution in [3.8, 4) is 17.2 Å². The maximum atomic E-state index is 11.9. The summed E-state index contributed by atoms with van der Waals surface area (Å²) in [5.41, 5.74) is 3.66. The highest BCUT2D eigenvalue weighted by Gasteiger charge is 2.06. The van der Waals surface area contributed by atoms with Gasteiger partial charge in [-0.1, -0.05) is 30.8 Å². The zero-order chi connectivity index (χ0) is 18.9. The van der Waals surface area contributed by atoms with E-state index in [1.807, 2.05) is 36.4 Å². The molecule has 0 fully saturated rings. The van der Waals surface area contributed by atoms with Crippen LogP contribution in [0.4, 0.5) is 5.69 Å². The van der Waals surface area contributed by atoms with Crippen LogP contribution in [0.3, 0.4) is 0 Å². The number of hydrogen-bond donors (Lipinski definition) is 1. The van der Waals surface area contributed by atoms with Crippen molar-refractivity contribution in [2.45, 2.75) is 19.8 Å². The van der Waals surface area contributed by atoms with Crippen LogP contribution in [0.2, 0.25) is 0 Å². The summed E-state index contributed by atoms with van der Waals surface area (Å²) in [6, 6.07) is 16.9. The van der Waals surface area contributed by atoms with Gasteiger partial charge in [0.15, 0.2) is 0 Å². The van der Waals surface area contributed by atoms with Crippen LogP contribution in [0.1, 0.15) is 25.3 Å². The van der Waals surface area contributed by atoms with E-state index in [2.05, 4.69) is 18.0 Å². The third-order valence-electron chi connectivity index (χ3n) is 3.65. The molecule has 1 amide bonds. The first-order chi connectivity index (χ1) is 12.5. The number of nitrogens with one attached hydrogen (secondary N) is 1. The van der Waals surface area contributed by atoms with Gasteiger partial charge in [-0.05, 0) is 48.7 Å². The Kier molecular flexibility index (Phi) is 6.69. The monoisotopic (exact) mass is 348 g/mol. The summed E-state index contributed by atoms with van der Waals surface area (Å²) in [7, 11) is 0. The second-order valence-corrected chi connectivity index (χ2v) is 5.83. The van der Waals surface area contributed by atoms with E-state index in [0.717, 1.165) is 11.1 Å². The Morgan fingerprint density at radius 2 is 1.65 bits per heavy atom. The topological polar surface area (TPSA) is 79.2 Å². The molecule has 26 heavy (non-hydrogen) atoms. The van der Waals surface area contributed by atoms with Gasteiger partial charge in [-0.3, -0.25) is 4.79 Å². The number of rotatable bonds is 7. The first kappa shape index (κ1) is 18.9. The van der Waals surface area contributed by atoms with Gasteiger partial charge >= 0.3 is 5.97 Å². The predicted octanol–water partition coefficient (Wildman–Crippen LogP) is 4.06. The van der Waals surface area contributed by atoms with Crippen molar-refractivity contribution in [3.63, 3.8) is 0 Å². The number of carbonyl (C=O) groups is 2. The number of anilines is 1. The lowest BCUT2D eigenvalue weighted by Crippen LogP contribution is -2.13. The molecule has 2 aromatic rings. The standard InChI is InChI=1S/C21H20N2O3/c1-15(2)21(25)26-13-3-4-20(24)23-19-11-9-18(10-12-19)17-7-5-16(14-22)6-8-17/h5-12H,1,3-4,13H2,2H3,(H,23,24). The van der Waals surface area contributed by atoms with Crippen molar-refractivity contribution in [2.75, 3.05) is 11.9 Å². The van der Waals surface area contributed by atoms with Crippen LogP contribution in [0, 0.1) is 11.3 Å². The third-order valence-corrected chi connectivity index (χ3v) is 3.65. The maximum Gasteiger partial charge on any atom is 0.333 e. The Hall–Kier alpha value is -3.39. The minimum absolute atomic E-state index is 0.137. The largest absolute Gasteiger partial charge is 0.462 e. The molecule has 0 aliphatic carbocycles. The highest BCUT2D eigenvalue weighted by Crippen LogP contribution is 2.22. The van der Waals surface area contributed by atoms with Crippen molar-refractivity contribution >= 4 is 17.6 Å². The second kappa shape index (κ2) is 9.19. The molecule has 0 saturated heterocycles. The summed E-state index contributed by atoms with van der Waals surface area (Å²) in [6.07, 6.45) is 0.717. The van der Waals surface area contributed by atoms with Gasteiger partial charge in [-0.25, -0.2) is 4.79 Å².